The molecule has 1 fully saturated rings. The molecule has 57 heavy (non-hydrogen) atoms. The number of methoxy groups -OCH3 is 1. The molecule has 16 nitrogen and oxygen atoms in total. The van der Waals surface area contributed by atoms with Crippen molar-refractivity contribution in [3.63, 3.8) is 0 Å². The number of aromatic amines is 2. The third-order valence-corrected chi connectivity index (χ3v) is 9.98. The quantitative estimate of drug-likeness (QED) is 0.133. The number of aromatic nitrogens is 3. The van der Waals surface area contributed by atoms with Gasteiger partial charge in [0.25, 0.3) is 5.91 Å². The molecule has 0 radical (unpaired) electrons. The first-order chi connectivity index (χ1) is 27.2. The van der Waals surface area contributed by atoms with Crippen LogP contribution in [0.25, 0.3) is 10.9 Å². The van der Waals surface area contributed by atoms with Gasteiger partial charge in [0.1, 0.15) is 35.6 Å². The van der Waals surface area contributed by atoms with Crippen molar-refractivity contribution in [3.8, 4) is 5.75 Å². The Labute approximate surface area is 331 Å². The zero-order valence-corrected chi connectivity index (χ0v) is 33.2. The summed E-state index contributed by atoms with van der Waals surface area (Å²) in [5.41, 5.74) is 2.42. The van der Waals surface area contributed by atoms with Crippen LogP contribution in [0.4, 0.5) is 0 Å². The fourth-order valence-electron chi connectivity index (χ4n) is 6.71. The lowest BCUT2D eigenvalue weighted by Gasteiger charge is -2.32. The zero-order chi connectivity index (χ0) is 41.2. The number of carbonyl (C=O) groups excluding carboxylic acids is 6. The third-order valence-electron chi connectivity index (χ3n) is 9.98. The van der Waals surface area contributed by atoms with Gasteiger partial charge in [-0.1, -0.05) is 58.0 Å². The molecule has 7 N–H and O–H groups in total. The predicted molar refractivity (Wildman–Crippen MR) is 213 cm³/mol. The molecular formula is C41H53N9O7. The number of hydrogen-bond donors (Lipinski definition) is 7. The average molecular weight is 784 g/mol. The van der Waals surface area contributed by atoms with Crippen molar-refractivity contribution in [3.05, 3.63) is 83.8 Å². The summed E-state index contributed by atoms with van der Waals surface area (Å²) in [5.74, 6) is -3.23. The fourth-order valence-corrected chi connectivity index (χ4v) is 6.71. The van der Waals surface area contributed by atoms with Gasteiger partial charge in [0.05, 0.1) is 13.7 Å². The summed E-state index contributed by atoms with van der Waals surface area (Å²) < 4.78 is 5.28. The zero-order valence-electron chi connectivity index (χ0n) is 33.2. The second kappa shape index (κ2) is 19.1. The number of nitrogens with one attached hydrogen (secondary N) is 7. The molecule has 0 spiro atoms. The Morgan fingerprint density at radius 1 is 0.807 bits per heavy atom. The number of fused-ring (bicyclic) bond motifs is 1. The number of amides is 6. The molecule has 0 saturated carbocycles. The van der Waals surface area contributed by atoms with Crippen LogP contribution in [0.2, 0.25) is 0 Å². The van der Waals surface area contributed by atoms with Gasteiger partial charge in [-0.05, 0) is 60.6 Å². The number of rotatable bonds is 9. The molecule has 4 aromatic rings. The van der Waals surface area contributed by atoms with Crippen LogP contribution in [0.5, 0.6) is 5.75 Å². The van der Waals surface area contributed by atoms with Gasteiger partial charge in [-0.25, -0.2) is 0 Å². The SMILES string of the molecule is COc1ccc(C[C@@H]2NC(=O)[C@H](CC(C)C)NC(=O)[C@@H](Cc3c[nH]c4ccccc34)NC(=O)CN(C(=O)c3ccn[nH]3)C[C@H](C(C)C)NC(=O)[C@@H](C)NC2=O)cc1. The van der Waals surface area contributed by atoms with Gasteiger partial charge >= 0.3 is 0 Å². The summed E-state index contributed by atoms with van der Waals surface area (Å²) >= 11 is 0. The molecule has 1 aliphatic rings. The molecule has 16 heteroatoms. The topological polar surface area (TPSA) is 220 Å². The molecule has 1 aliphatic heterocycles. The second-order valence-corrected chi connectivity index (χ2v) is 15.2. The van der Waals surface area contributed by atoms with Crippen molar-refractivity contribution >= 4 is 46.3 Å². The number of para-hydroxylation sites is 1. The van der Waals surface area contributed by atoms with Crippen molar-refractivity contribution in [2.24, 2.45) is 11.8 Å². The minimum atomic E-state index is -1.18. The highest BCUT2D eigenvalue weighted by Crippen LogP contribution is 2.20. The summed E-state index contributed by atoms with van der Waals surface area (Å²) in [4.78, 5) is 88.3. The smallest absolute Gasteiger partial charge is 0.272 e. The van der Waals surface area contributed by atoms with Crippen LogP contribution >= 0.6 is 0 Å². The molecular weight excluding hydrogens is 731 g/mol. The van der Waals surface area contributed by atoms with Gasteiger partial charge in [0, 0.05) is 48.7 Å². The monoisotopic (exact) mass is 783 g/mol. The minimum absolute atomic E-state index is 0.0527. The molecule has 304 valence electrons. The van der Waals surface area contributed by atoms with E-state index in [4.69, 9.17) is 4.74 Å². The largest absolute Gasteiger partial charge is 0.497 e. The van der Waals surface area contributed by atoms with Crippen molar-refractivity contribution < 1.29 is 33.5 Å². The van der Waals surface area contributed by atoms with Crippen molar-refractivity contribution in [2.45, 2.75) is 84.1 Å². The molecule has 5 rings (SSSR count). The summed E-state index contributed by atoms with van der Waals surface area (Å²) in [6.45, 7) is 8.47. The first kappa shape index (κ1) is 42.0. The van der Waals surface area contributed by atoms with Crippen LogP contribution in [0.15, 0.2) is 67.0 Å². The van der Waals surface area contributed by atoms with Crippen molar-refractivity contribution in [1.29, 1.82) is 0 Å². The minimum Gasteiger partial charge on any atom is -0.497 e. The summed E-state index contributed by atoms with van der Waals surface area (Å²) in [6.07, 6.45) is 3.51. The molecule has 3 heterocycles. The van der Waals surface area contributed by atoms with Gasteiger partial charge < -0.3 is 41.2 Å². The van der Waals surface area contributed by atoms with Crippen LogP contribution in [-0.4, -0.2) is 106 Å². The van der Waals surface area contributed by atoms with Gasteiger partial charge in [0.2, 0.25) is 29.5 Å². The number of ether oxygens (including phenoxy) is 1. The van der Waals surface area contributed by atoms with Crippen LogP contribution in [0, 0.1) is 11.8 Å². The van der Waals surface area contributed by atoms with E-state index in [1.165, 1.54) is 24.1 Å². The Morgan fingerprint density at radius 3 is 2.14 bits per heavy atom. The van der Waals surface area contributed by atoms with E-state index in [1.807, 2.05) is 52.0 Å². The summed E-state index contributed by atoms with van der Waals surface area (Å²) in [6, 6.07) is 10.9. The molecule has 0 bridgehead atoms. The predicted octanol–water partition coefficient (Wildman–Crippen LogP) is 1.99. The Morgan fingerprint density at radius 2 is 1.47 bits per heavy atom. The van der Waals surface area contributed by atoms with E-state index >= 15 is 0 Å². The van der Waals surface area contributed by atoms with Gasteiger partial charge in [-0.15, -0.1) is 0 Å². The Kier molecular flexibility index (Phi) is 14.1. The highest BCUT2D eigenvalue weighted by Gasteiger charge is 2.34. The number of benzene rings is 2. The lowest BCUT2D eigenvalue weighted by molar-refractivity contribution is -0.135. The van der Waals surface area contributed by atoms with Gasteiger partial charge in [-0.2, -0.15) is 5.10 Å². The molecule has 5 atom stereocenters. The number of carbonyl (C=O) groups is 6. The van der Waals surface area contributed by atoms with E-state index in [1.54, 1.807) is 37.6 Å². The van der Waals surface area contributed by atoms with Crippen molar-refractivity contribution in [2.75, 3.05) is 20.2 Å². The number of nitrogens with zero attached hydrogens (tertiary/aromatic N) is 2. The van der Waals surface area contributed by atoms with Crippen molar-refractivity contribution in [1.82, 2.24) is 46.7 Å². The normalized spacial score (nSPS) is 21.9. The highest BCUT2D eigenvalue weighted by molar-refractivity contribution is 5.98. The molecule has 0 unspecified atom stereocenters. The number of hydrogen-bond acceptors (Lipinski definition) is 8. The fraction of sp³-hybridized carbons (Fsp3) is 0.439. The van der Waals surface area contributed by atoms with Crippen LogP contribution in [0.3, 0.4) is 0 Å². The highest BCUT2D eigenvalue weighted by atomic mass is 16.5. The maximum absolute atomic E-state index is 14.3. The number of H-pyrrole nitrogens is 2. The van der Waals surface area contributed by atoms with Gasteiger partial charge in [-0.3, -0.25) is 33.9 Å². The Bertz CT molecular complexity index is 2030. The Balaban J connectivity index is 1.54. The van der Waals surface area contributed by atoms with E-state index in [2.05, 4.69) is 41.8 Å². The van der Waals surface area contributed by atoms with E-state index < -0.39 is 72.2 Å². The first-order valence-electron chi connectivity index (χ1n) is 19.2. The average Bonchev–Trinajstić information content (AvgIpc) is 3.87. The first-order valence-corrected chi connectivity index (χ1v) is 19.2. The maximum Gasteiger partial charge on any atom is 0.272 e. The summed E-state index contributed by atoms with van der Waals surface area (Å²) in [7, 11) is 1.54. The van der Waals surface area contributed by atoms with Gasteiger partial charge in [0.15, 0.2) is 0 Å². The second-order valence-electron chi connectivity index (χ2n) is 15.2. The lowest BCUT2D eigenvalue weighted by atomic mass is 9.99. The van der Waals surface area contributed by atoms with Crippen LogP contribution in [0.1, 0.15) is 62.7 Å². The molecule has 6 amide bonds. The third kappa shape index (κ3) is 11.2. The molecule has 1 saturated heterocycles. The lowest BCUT2D eigenvalue weighted by Crippen LogP contribution is -2.60. The maximum atomic E-state index is 14.3. The van der Waals surface area contributed by atoms with Crippen LogP contribution in [-0.2, 0) is 36.8 Å². The van der Waals surface area contributed by atoms with E-state index in [-0.39, 0.29) is 43.3 Å². The van der Waals surface area contributed by atoms with E-state index in [0.29, 0.717) is 11.3 Å². The summed E-state index contributed by atoms with van der Waals surface area (Å²) in [5, 5.41) is 21.6. The molecule has 2 aromatic heterocycles. The van der Waals surface area contributed by atoms with E-state index in [0.717, 1.165) is 16.5 Å². The molecule has 2 aromatic carbocycles. The standard InChI is InChI=1S/C41H53N9O7/c1-23(2)17-32-39(54)47-33(18-26-11-13-28(57-6)14-12-26)38(53)44-25(5)37(52)48-35(24(3)4)21-50(41(56)31-15-16-43-49-31)22-36(51)45-34(40(55)46-32)19-27-20-42-30-10-8-7-9-29(27)30/h7-16,20,23-25,32-35,42H,17-19,21-22H2,1-6H3,(H,43,49)(H,44,53)(H,45,51)(H,46,55)(H,47,54)(H,48,52)/t25-,32+,33+,34-,35-/m1/s1. The van der Waals surface area contributed by atoms with E-state index in [9.17, 15) is 28.8 Å². The van der Waals surface area contributed by atoms with Crippen LogP contribution < -0.4 is 31.3 Å². The Hall–Kier alpha value is -6.19. The molecule has 0 aliphatic carbocycles.